The Morgan fingerprint density at radius 1 is 0.800 bits per heavy atom. The second-order valence-electron chi connectivity index (χ2n) is 11.9. The van der Waals surface area contributed by atoms with Crippen molar-refractivity contribution in [3.63, 3.8) is 0 Å². The molecular formula is C39H32Cl2F2N2O4S. The van der Waals surface area contributed by atoms with Crippen LogP contribution in [-0.2, 0) is 29.3 Å². The Labute approximate surface area is 299 Å². The zero-order valence-corrected chi connectivity index (χ0v) is 29.0. The van der Waals surface area contributed by atoms with Crippen LogP contribution in [-0.4, -0.2) is 30.6 Å². The van der Waals surface area contributed by atoms with E-state index in [-0.39, 0.29) is 24.6 Å². The topological polar surface area (TPSA) is 88.4 Å². The van der Waals surface area contributed by atoms with Crippen molar-refractivity contribution in [2.45, 2.75) is 36.6 Å². The Morgan fingerprint density at radius 3 is 2.06 bits per heavy atom. The van der Waals surface area contributed by atoms with Gasteiger partial charge in [-0.15, -0.1) is 0 Å². The van der Waals surface area contributed by atoms with E-state index in [0.717, 1.165) is 51.0 Å². The first kappa shape index (κ1) is 35.3. The molecule has 0 bridgehead atoms. The number of fused-ring (bicyclic) bond motifs is 1. The third-order valence-electron chi connectivity index (χ3n) is 8.71. The molecule has 6 aromatic rings. The summed E-state index contributed by atoms with van der Waals surface area (Å²) in [5.74, 6) is -3.40. The maximum Gasteiger partial charge on any atom is 0.335 e. The second kappa shape index (κ2) is 15.1. The molecule has 0 aliphatic rings. The molecule has 256 valence electrons. The minimum Gasteiger partial charge on any atom is -0.478 e. The summed E-state index contributed by atoms with van der Waals surface area (Å²) in [4.78, 5) is 10.6. The van der Waals surface area contributed by atoms with Crippen LogP contribution in [0.25, 0.3) is 10.9 Å². The molecule has 6 nitrogen and oxygen atoms in total. The predicted octanol–water partition coefficient (Wildman–Crippen LogP) is 9.26. The highest BCUT2D eigenvalue weighted by Crippen LogP contribution is 2.38. The summed E-state index contributed by atoms with van der Waals surface area (Å²) in [6.45, 7) is -0.0965. The summed E-state index contributed by atoms with van der Waals surface area (Å²) in [6, 6.07) is 33.9. The summed E-state index contributed by atoms with van der Waals surface area (Å²) in [5.41, 5.74) is 5.98. The molecule has 0 fully saturated rings. The summed E-state index contributed by atoms with van der Waals surface area (Å²) in [7, 11) is -4.40. The van der Waals surface area contributed by atoms with E-state index >= 15 is 0 Å². The molecule has 50 heavy (non-hydrogen) atoms. The van der Waals surface area contributed by atoms with Crippen LogP contribution in [0, 0.1) is 11.6 Å². The lowest BCUT2D eigenvalue weighted by molar-refractivity contribution is 0.0697. The highest BCUT2D eigenvalue weighted by molar-refractivity contribution is 7.89. The van der Waals surface area contributed by atoms with Crippen LogP contribution in [0.1, 0.15) is 50.8 Å². The predicted molar refractivity (Wildman–Crippen MR) is 193 cm³/mol. The lowest BCUT2D eigenvalue weighted by Crippen LogP contribution is -2.28. The Balaban J connectivity index is 1.44. The van der Waals surface area contributed by atoms with E-state index in [9.17, 15) is 27.1 Å². The van der Waals surface area contributed by atoms with Gasteiger partial charge in [-0.3, -0.25) is 0 Å². The minimum atomic E-state index is -4.40. The molecule has 11 heteroatoms. The molecule has 1 heterocycles. The van der Waals surface area contributed by atoms with E-state index in [0.29, 0.717) is 24.3 Å². The standard InChI is InChI=1S/C39H32Cl2F2N2O4S/c40-29-18-20-33-31(24-29)30(13-7-8-25-14-16-28(17-15-25)39(46)47)34(22-23-44-50(48,49)35-21-19-32(42)36(41)37(35)43)45(33)38(26-9-3-1-4-10-26)27-11-5-2-6-12-27/h1-6,9-12,14-21,24,38,44H,7-8,13,22-23H2,(H,46,47). The first-order valence-corrected chi connectivity index (χ1v) is 18.2. The van der Waals surface area contributed by atoms with Gasteiger partial charge in [-0.2, -0.15) is 0 Å². The van der Waals surface area contributed by atoms with Crippen molar-refractivity contribution in [3.8, 4) is 0 Å². The maximum atomic E-state index is 14.8. The second-order valence-corrected chi connectivity index (χ2v) is 14.4. The number of aromatic nitrogens is 1. The average molecular weight is 734 g/mol. The van der Waals surface area contributed by atoms with Crippen LogP contribution >= 0.6 is 23.2 Å². The number of hydrogen-bond acceptors (Lipinski definition) is 3. The number of nitrogens with one attached hydrogen (secondary N) is 1. The maximum absolute atomic E-state index is 14.8. The smallest absolute Gasteiger partial charge is 0.335 e. The molecule has 2 N–H and O–H groups in total. The van der Waals surface area contributed by atoms with Crippen LogP contribution in [0.4, 0.5) is 8.78 Å². The zero-order chi connectivity index (χ0) is 35.4. The van der Waals surface area contributed by atoms with Crippen molar-refractivity contribution in [2.75, 3.05) is 6.54 Å². The summed E-state index contributed by atoms with van der Waals surface area (Å²) in [5, 5.41) is 9.87. The summed E-state index contributed by atoms with van der Waals surface area (Å²) >= 11 is 12.3. The van der Waals surface area contributed by atoms with Crippen molar-refractivity contribution in [3.05, 3.63) is 170 Å². The molecule has 0 amide bonds. The van der Waals surface area contributed by atoms with Crippen molar-refractivity contribution >= 4 is 50.1 Å². The van der Waals surface area contributed by atoms with Gasteiger partial charge < -0.3 is 9.67 Å². The Bertz CT molecular complexity index is 2220. The van der Waals surface area contributed by atoms with E-state index in [4.69, 9.17) is 23.2 Å². The van der Waals surface area contributed by atoms with Crippen LogP contribution in [0.15, 0.2) is 120 Å². The number of sulfonamides is 1. The number of nitrogens with zero attached hydrogens (tertiary/aromatic N) is 1. The number of carbonyl (C=O) groups is 1. The van der Waals surface area contributed by atoms with Gasteiger partial charge in [0.2, 0.25) is 10.0 Å². The van der Waals surface area contributed by atoms with Crippen molar-refractivity contribution in [1.29, 1.82) is 0 Å². The fourth-order valence-electron chi connectivity index (χ4n) is 6.39. The third-order valence-corrected chi connectivity index (χ3v) is 10.8. The van der Waals surface area contributed by atoms with E-state index in [1.54, 1.807) is 24.3 Å². The number of rotatable bonds is 13. The molecule has 6 rings (SSSR count). The van der Waals surface area contributed by atoms with E-state index in [1.165, 1.54) is 0 Å². The lowest BCUT2D eigenvalue weighted by atomic mass is 9.97. The Kier molecular flexibility index (Phi) is 10.7. The van der Waals surface area contributed by atoms with Gasteiger partial charge in [0.15, 0.2) is 5.82 Å². The molecule has 0 saturated carbocycles. The van der Waals surface area contributed by atoms with Gasteiger partial charge in [0, 0.05) is 34.6 Å². The number of benzene rings is 5. The van der Waals surface area contributed by atoms with Crippen molar-refractivity contribution < 1.29 is 27.1 Å². The normalized spacial score (nSPS) is 11.8. The highest BCUT2D eigenvalue weighted by Gasteiger charge is 2.27. The Morgan fingerprint density at radius 2 is 1.44 bits per heavy atom. The van der Waals surface area contributed by atoms with E-state index in [1.807, 2.05) is 78.9 Å². The third kappa shape index (κ3) is 7.46. The van der Waals surface area contributed by atoms with Gasteiger partial charge in [-0.25, -0.2) is 26.7 Å². The van der Waals surface area contributed by atoms with Crippen LogP contribution in [0.3, 0.4) is 0 Å². The number of carboxylic acid groups (broad SMARTS) is 1. The lowest BCUT2D eigenvalue weighted by Gasteiger charge is -2.25. The summed E-state index contributed by atoms with van der Waals surface area (Å²) in [6.07, 6.45) is 2.20. The average Bonchev–Trinajstić information content (AvgIpc) is 3.39. The molecular weight excluding hydrogens is 701 g/mol. The van der Waals surface area contributed by atoms with Crippen LogP contribution < -0.4 is 4.72 Å². The first-order valence-electron chi connectivity index (χ1n) is 15.9. The molecule has 1 aromatic heterocycles. The van der Waals surface area contributed by atoms with E-state index < -0.39 is 37.5 Å². The van der Waals surface area contributed by atoms with Gasteiger partial charge in [0.05, 0.1) is 11.6 Å². The SMILES string of the molecule is O=C(O)c1ccc(CCCc2c(CCNS(=O)(=O)c3ccc(F)c(Cl)c3F)n(C(c3ccccc3)c3ccccc3)c3ccc(Cl)cc23)cc1. The van der Waals surface area contributed by atoms with Gasteiger partial charge in [0.25, 0.3) is 0 Å². The van der Waals surface area contributed by atoms with Gasteiger partial charge >= 0.3 is 5.97 Å². The minimum absolute atomic E-state index is 0.0965. The Hall–Kier alpha value is -4.54. The molecule has 0 aliphatic heterocycles. The van der Waals surface area contributed by atoms with Crippen LogP contribution in [0.5, 0.6) is 0 Å². The van der Waals surface area contributed by atoms with Crippen molar-refractivity contribution in [2.24, 2.45) is 0 Å². The van der Waals surface area contributed by atoms with E-state index in [2.05, 4.69) is 9.29 Å². The molecule has 0 saturated heterocycles. The monoisotopic (exact) mass is 732 g/mol. The molecule has 0 radical (unpaired) electrons. The fourth-order valence-corrected chi connectivity index (χ4v) is 7.90. The first-order chi connectivity index (χ1) is 24.0. The fraction of sp³-hybridized carbons (Fsp3) is 0.154. The molecule has 0 unspecified atom stereocenters. The number of halogens is 4. The quantitative estimate of drug-likeness (QED) is 0.116. The van der Waals surface area contributed by atoms with Gasteiger partial charge in [-0.1, -0.05) is 96.0 Å². The van der Waals surface area contributed by atoms with Crippen LogP contribution in [0.2, 0.25) is 10.0 Å². The van der Waals surface area contributed by atoms with Gasteiger partial charge in [-0.05, 0) is 84.0 Å². The molecule has 0 aliphatic carbocycles. The zero-order valence-electron chi connectivity index (χ0n) is 26.6. The van der Waals surface area contributed by atoms with Crippen molar-refractivity contribution in [1.82, 2.24) is 9.29 Å². The number of aryl methyl sites for hydroxylation is 2. The number of aromatic carboxylic acids is 1. The number of hydrogen-bond donors (Lipinski definition) is 2. The summed E-state index contributed by atoms with van der Waals surface area (Å²) < 4.78 is 59.9. The molecule has 0 atom stereocenters. The molecule has 0 spiro atoms. The molecule has 5 aromatic carbocycles. The highest BCUT2D eigenvalue weighted by atomic mass is 35.5. The number of carboxylic acids is 1. The van der Waals surface area contributed by atoms with Gasteiger partial charge in [0.1, 0.15) is 15.7 Å². The largest absolute Gasteiger partial charge is 0.478 e.